The second kappa shape index (κ2) is 7.00. The van der Waals surface area contributed by atoms with Crippen molar-refractivity contribution in [3.63, 3.8) is 0 Å². The lowest BCUT2D eigenvalue weighted by molar-refractivity contribution is -0.139. The van der Waals surface area contributed by atoms with Crippen LogP contribution in [0.2, 0.25) is 0 Å². The number of hydrogen-bond acceptors (Lipinski definition) is 5. The molecule has 0 amide bonds. The number of ketones is 1. The number of hydrogen-bond donors (Lipinski definition) is 2. The van der Waals surface area contributed by atoms with Crippen LogP contribution in [0.4, 0.5) is 24.7 Å². The van der Waals surface area contributed by atoms with Crippen molar-refractivity contribution in [3.05, 3.63) is 53.7 Å². The molecule has 6 nitrogen and oxygen atoms in total. The van der Waals surface area contributed by atoms with Gasteiger partial charge in [-0.1, -0.05) is 6.07 Å². The summed E-state index contributed by atoms with van der Waals surface area (Å²) in [7, 11) is 0. The molecule has 0 aliphatic rings. The molecule has 0 bridgehead atoms. The van der Waals surface area contributed by atoms with Gasteiger partial charge < -0.3 is 10.4 Å². The average molecular weight is 349 g/mol. The Morgan fingerprint density at radius 1 is 1.24 bits per heavy atom. The summed E-state index contributed by atoms with van der Waals surface area (Å²) in [5.74, 6) is -4.72. The molecule has 0 saturated heterocycles. The van der Waals surface area contributed by atoms with Crippen LogP contribution in [0, 0.1) is 17.2 Å². The fourth-order valence-corrected chi connectivity index (χ4v) is 2.00. The third-order valence-corrected chi connectivity index (χ3v) is 3.16. The summed E-state index contributed by atoms with van der Waals surface area (Å²) in [6.07, 6.45) is -3.27. The van der Waals surface area contributed by atoms with Gasteiger partial charge in [0.05, 0.1) is 17.2 Å². The highest BCUT2D eigenvalue weighted by molar-refractivity contribution is 6.12. The summed E-state index contributed by atoms with van der Waals surface area (Å²) in [4.78, 5) is 27.0. The van der Waals surface area contributed by atoms with Crippen molar-refractivity contribution in [2.45, 2.75) is 6.18 Å². The van der Waals surface area contributed by atoms with E-state index in [1.807, 2.05) is 0 Å². The number of carbonyl (C=O) groups is 2. The number of rotatable bonds is 5. The topological polar surface area (TPSA) is 103 Å². The maximum atomic E-state index is 12.8. The number of aliphatic carboxylic acids is 1. The van der Waals surface area contributed by atoms with Gasteiger partial charge in [-0.3, -0.25) is 9.59 Å². The Hall–Kier alpha value is -3.41. The fraction of sp³-hybridized carbons (Fsp3) is 0.125. The molecule has 1 atom stereocenters. The van der Waals surface area contributed by atoms with Crippen LogP contribution < -0.4 is 5.32 Å². The van der Waals surface area contributed by atoms with Crippen LogP contribution >= 0.6 is 0 Å². The Bertz CT molecular complexity index is 859. The quantitative estimate of drug-likeness (QED) is 0.634. The molecular formula is C16H10F3N3O3. The van der Waals surface area contributed by atoms with Crippen molar-refractivity contribution in [1.82, 2.24) is 4.98 Å². The molecule has 2 rings (SSSR count). The lowest BCUT2D eigenvalue weighted by atomic mass is 9.99. The minimum Gasteiger partial charge on any atom is -0.480 e. The molecule has 0 aliphatic heterocycles. The predicted molar refractivity (Wildman–Crippen MR) is 80.0 cm³/mol. The van der Waals surface area contributed by atoms with Gasteiger partial charge in [-0.25, -0.2) is 4.98 Å². The van der Waals surface area contributed by atoms with Crippen molar-refractivity contribution < 1.29 is 27.9 Å². The molecule has 0 fully saturated rings. The van der Waals surface area contributed by atoms with E-state index in [2.05, 4.69) is 10.3 Å². The number of carbonyl (C=O) groups excluding carboxylic acids is 1. The largest absolute Gasteiger partial charge is 0.480 e. The lowest BCUT2D eigenvalue weighted by Gasteiger charge is -2.13. The van der Waals surface area contributed by atoms with E-state index < -0.39 is 29.4 Å². The molecule has 0 aliphatic carbocycles. The maximum Gasteiger partial charge on any atom is 0.416 e. The monoisotopic (exact) mass is 349 g/mol. The smallest absolute Gasteiger partial charge is 0.416 e. The lowest BCUT2D eigenvalue weighted by Crippen LogP contribution is -2.23. The number of Topliss-reactive ketones (excluding diaryl/α,β-unsaturated/α-hetero) is 1. The molecule has 9 heteroatoms. The van der Waals surface area contributed by atoms with E-state index >= 15 is 0 Å². The van der Waals surface area contributed by atoms with E-state index in [0.29, 0.717) is 0 Å². The average Bonchev–Trinajstić information content (AvgIpc) is 2.55. The molecule has 128 valence electrons. The van der Waals surface area contributed by atoms with Gasteiger partial charge in [-0.15, -0.1) is 0 Å². The van der Waals surface area contributed by atoms with Gasteiger partial charge in [-0.2, -0.15) is 18.4 Å². The SMILES string of the molecule is N#CC(C(=O)O)C(=O)c1cccnc1Nc1cccc(C(F)(F)F)c1. The highest BCUT2D eigenvalue weighted by atomic mass is 19.4. The number of carboxylic acids is 1. The molecule has 0 spiro atoms. The summed E-state index contributed by atoms with van der Waals surface area (Å²) in [6.45, 7) is 0. The van der Waals surface area contributed by atoms with Gasteiger partial charge in [0.1, 0.15) is 5.82 Å². The number of pyridine rings is 1. The van der Waals surface area contributed by atoms with Crippen LogP contribution in [-0.4, -0.2) is 21.8 Å². The molecule has 1 aromatic heterocycles. The van der Waals surface area contributed by atoms with Crippen LogP contribution in [0.5, 0.6) is 0 Å². The van der Waals surface area contributed by atoms with Crippen molar-refractivity contribution in [2.24, 2.45) is 5.92 Å². The number of nitrogens with one attached hydrogen (secondary N) is 1. The summed E-state index contributed by atoms with van der Waals surface area (Å²) in [5.41, 5.74) is -1.11. The number of benzene rings is 1. The van der Waals surface area contributed by atoms with Gasteiger partial charge in [0.2, 0.25) is 5.92 Å². The number of carboxylic acid groups (broad SMARTS) is 1. The Kier molecular flexibility index (Phi) is 5.02. The third-order valence-electron chi connectivity index (χ3n) is 3.16. The number of anilines is 2. The minimum absolute atomic E-state index is 0.00593. The van der Waals surface area contributed by atoms with E-state index in [9.17, 15) is 22.8 Å². The number of alkyl halides is 3. The van der Waals surface area contributed by atoms with Gasteiger partial charge >= 0.3 is 12.1 Å². The van der Waals surface area contributed by atoms with Crippen LogP contribution in [-0.2, 0) is 11.0 Å². The van der Waals surface area contributed by atoms with Crippen LogP contribution in [0.25, 0.3) is 0 Å². The first kappa shape index (κ1) is 17.9. The Morgan fingerprint density at radius 3 is 2.56 bits per heavy atom. The zero-order valence-electron chi connectivity index (χ0n) is 12.4. The van der Waals surface area contributed by atoms with Gasteiger partial charge in [0, 0.05) is 11.9 Å². The number of aromatic nitrogens is 1. The van der Waals surface area contributed by atoms with E-state index in [4.69, 9.17) is 10.4 Å². The summed E-state index contributed by atoms with van der Waals surface area (Å²) in [5, 5.41) is 20.3. The summed E-state index contributed by atoms with van der Waals surface area (Å²) >= 11 is 0. The van der Waals surface area contributed by atoms with E-state index in [1.54, 1.807) is 0 Å². The number of nitriles is 1. The van der Waals surface area contributed by atoms with Gasteiger partial charge in [0.25, 0.3) is 0 Å². The number of halogens is 3. The molecular weight excluding hydrogens is 339 g/mol. The van der Waals surface area contributed by atoms with Crippen LogP contribution in [0.15, 0.2) is 42.6 Å². The molecule has 0 saturated carbocycles. The Labute approximate surface area is 139 Å². The van der Waals surface area contributed by atoms with Gasteiger partial charge in [0.15, 0.2) is 5.78 Å². The maximum absolute atomic E-state index is 12.8. The van der Waals surface area contributed by atoms with E-state index in [0.717, 1.165) is 12.1 Å². The van der Waals surface area contributed by atoms with Gasteiger partial charge in [-0.05, 0) is 30.3 Å². The highest BCUT2D eigenvalue weighted by Crippen LogP contribution is 2.31. The second-order valence-electron chi connectivity index (χ2n) is 4.87. The molecule has 25 heavy (non-hydrogen) atoms. The fourth-order valence-electron chi connectivity index (χ4n) is 2.00. The summed E-state index contributed by atoms with van der Waals surface area (Å²) in [6, 6.07) is 8.15. The zero-order valence-corrected chi connectivity index (χ0v) is 12.4. The van der Waals surface area contributed by atoms with Crippen molar-refractivity contribution >= 4 is 23.3 Å². The first-order valence-corrected chi connectivity index (χ1v) is 6.80. The normalized spacial score (nSPS) is 12.1. The molecule has 2 N–H and O–H groups in total. The minimum atomic E-state index is -4.55. The van der Waals surface area contributed by atoms with Crippen molar-refractivity contribution in [1.29, 1.82) is 5.26 Å². The Morgan fingerprint density at radius 2 is 1.96 bits per heavy atom. The van der Waals surface area contributed by atoms with E-state index in [1.165, 1.54) is 36.5 Å². The molecule has 2 aromatic rings. The van der Waals surface area contributed by atoms with Crippen molar-refractivity contribution in [3.8, 4) is 6.07 Å². The third kappa shape index (κ3) is 4.11. The first-order chi connectivity index (χ1) is 11.7. The van der Waals surface area contributed by atoms with Crippen LogP contribution in [0.3, 0.4) is 0 Å². The summed E-state index contributed by atoms with van der Waals surface area (Å²) < 4.78 is 38.3. The zero-order chi connectivity index (χ0) is 18.6. The van der Waals surface area contributed by atoms with E-state index in [-0.39, 0.29) is 17.1 Å². The predicted octanol–water partition coefficient (Wildman–Crippen LogP) is 3.25. The highest BCUT2D eigenvalue weighted by Gasteiger charge is 2.31. The van der Waals surface area contributed by atoms with Crippen LogP contribution in [0.1, 0.15) is 15.9 Å². The number of nitrogens with zero attached hydrogens (tertiary/aromatic N) is 2. The second-order valence-corrected chi connectivity index (χ2v) is 4.87. The molecule has 1 unspecified atom stereocenters. The van der Waals surface area contributed by atoms with Crippen molar-refractivity contribution in [2.75, 3.05) is 5.32 Å². The molecule has 0 radical (unpaired) electrons. The first-order valence-electron chi connectivity index (χ1n) is 6.80. The molecule has 1 aromatic carbocycles. The molecule has 1 heterocycles. The standard InChI is InChI=1S/C16H10F3N3O3/c17-16(18,19)9-3-1-4-10(7-9)22-14-11(5-2-6-21-14)13(23)12(8-20)15(24)25/h1-7,12H,(H,21,22)(H,24,25). The Balaban J connectivity index is 2.38.